The van der Waals surface area contributed by atoms with Crippen molar-refractivity contribution in [3.63, 3.8) is 0 Å². The maximum atomic E-state index is 13.3. The number of nitrogens with one attached hydrogen (secondary N) is 1. The lowest BCUT2D eigenvalue weighted by atomic mass is 9.93. The first-order chi connectivity index (χ1) is 15.5. The summed E-state index contributed by atoms with van der Waals surface area (Å²) in [5.41, 5.74) is -0.363. The van der Waals surface area contributed by atoms with Gasteiger partial charge in [0, 0.05) is 13.3 Å². The van der Waals surface area contributed by atoms with Crippen LogP contribution in [0.4, 0.5) is 8.78 Å². The summed E-state index contributed by atoms with van der Waals surface area (Å²) in [5, 5.41) is 4.77. The van der Waals surface area contributed by atoms with Crippen LogP contribution in [0.2, 0.25) is 0 Å². The number of ether oxygens (including phenoxy) is 2. The van der Waals surface area contributed by atoms with Gasteiger partial charge in [0.15, 0.2) is 17.3 Å². The Bertz CT molecular complexity index is 1120. The molecule has 0 spiro atoms. The fourth-order valence-electron chi connectivity index (χ4n) is 3.46. The highest BCUT2D eigenvalue weighted by Crippen LogP contribution is 2.37. The molecule has 0 bridgehead atoms. The van der Waals surface area contributed by atoms with Gasteiger partial charge in [0.1, 0.15) is 21.4 Å². The van der Waals surface area contributed by atoms with E-state index in [0.717, 1.165) is 42.7 Å². The Morgan fingerprint density at radius 2 is 2.03 bits per heavy atom. The quantitative estimate of drug-likeness (QED) is 0.294. The monoisotopic (exact) mass is 481 g/mol. The Morgan fingerprint density at radius 1 is 1.25 bits per heavy atom. The molecule has 0 amide bonds. The number of ketones is 1. The van der Waals surface area contributed by atoms with Crippen LogP contribution in [0, 0.1) is 0 Å². The number of Topliss-reactive ketones (excluding diaryl/α,β-unsaturated/α-hetero) is 1. The second kappa shape index (κ2) is 9.69. The molecule has 1 aliphatic heterocycles. The van der Waals surface area contributed by atoms with E-state index in [9.17, 15) is 13.6 Å². The van der Waals surface area contributed by atoms with Crippen LogP contribution >= 0.6 is 23.1 Å². The number of thioether (sulfide) groups is 1. The third kappa shape index (κ3) is 4.58. The number of piperidine rings is 1. The van der Waals surface area contributed by atoms with Gasteiger partial charge < -0.3 is 14.8 Å². The van der Waals surface area contributed by atoms with E-state index in [4.69, 9.17) is 9.47 Å². The van der Waals surface area contributed by atoms with E-state index in [1.807, 2.05) is 0 Å². The van der Waals surface area contributed by atoms with Crippen LogP contribution in [0.1, 0.15) is 39.8 Å². The van der Waals surface area contributed by atoms with Gasteiger partial charge in [-0.25, -0.2) is 28.7 Å². The summed E-state index contributed by atoms with van der Waals surface area (Å²) >= 11 is 2.37. The molecule has 0 unspecified atom stereocenters. The number of fused-ring (bicyclic) bond motifs is 1. The largest absolute Gasteiger partial charge is 0.495 e. The zero-order chi connectivity index (χ0) is 22.7. The predicted molar refractivity (Wildman–Crippen MR) is 117 cm³/mol. The Morgan fingerprint density at radius 3 is 2.72 bits per heavy atom. The molecule has 170 valence electrons. The highest BCUT2D eigenvalue weighted by molar-refractivity contribution is 8.00. The molecule has 4 rings (SSSR count). The van der Waals surface area contributed by atoms with E-state index in [1.54, 1.807) is 19.4 Å². The summed E-state index contributed by atoms with van der Waals surface area (Å²) in [6.45, 7) is 1.63. The summed E-state index contributed by atoms with van der Waals surface area (Å²) in [5.74, 6) is -0.342. The molecule has 0 saturated carbocycles. The SMILES string of the molecule is COc1cnc2nc(C(F)F)nc(SCC(=O)c3cnc(C4(OC)CCNCC4)s3)c2c1. The van der Waals surface area contributed by atoms with Crippen LogP contribution in [-0.4, -0.2) is 58.8 Å². The van der Waals surface area contributed by atoms with Crippen molar-refractivity contribution in [1.82, 2.24) is 25.3 Å². The molecule has 3 aromatic heterocycles. The summed E-state index contributed by atoms with van der Waals surface area (Å²) in [6.07, 6.45) is 1.65. The van der Waals surface area contributed by atoms with Crippen LogP contribution in [0.3, 0.4) is 0 Å². The van der Waals surface area contributed by atoms with Gasteiger partial charge in [0.2, 0.25) is 0 Å². The number of carbonyl (C=O) groups is 1. The molecule has 0 radical (unpaired) electrons. The van der Waals surface area contributed by atoms with E-state index in [1.165, 1.54) is 24.6 Å². The molecule has 0 aliphatic carbocycles. The number of thiazole rings is 1. The normalized spacial score (nSPS) is 15.9. The molecule has 3 aromatic rings. The lowest BCUT2D eigenvalue weighted by Crippen LogP contribution is -2.41. The number of aromatic nitrogens is 4. The standard InChI is InChI=1S/C20H21F2N5O3S2/c1-29-11-7-12-16(24-8-11)26-17(15(21)22)27-18(12)31-10-13(28)14-9-25-19(32-14)20(30-2)3-5-23-6-4-20/h7-9,15,23H,3-6,10H2,1-2H3. The predicted octanol–water partition coefficient (Wildman–Crippen LogP) is 3.63. The Balaban J connectivity index is 1.56. The van der Waals surface area contributed by atoms with Crippen molar-refractivity contribution in [2.45, 2.75) is 29.9 Å². The van der Waals surface area contributed by atoms with Gasteiger partial charge in [-0.05, 0) is 32.0 Å². The second-order valence-corrected chi connectivity index (χ2v) is 9.12. The molecule has 0 aromatic carbocycles. The Labute approximate surface area is 191 Å². The first-order valence-electron chi connectivity index (χ1n) is 9.84. The lowest BCUT2D eigenvalue weighted by molar-refractivity contribution is -0.0392. The van der Waals surface area contributed by atoms with Gasteiger partial charge in [0.25, 0.3) is 6.43 Å². The minimum Gasteiger partial charge on any atom is -0.495 e. The number of carbonyl (C=O) groups excluding carboxylic acids is 1. The van der Waals surface area contributed by atoms with Gasteiger partial charge in [-0.15, -0.1) is 11.3 Å². The molecule has 32 heavy (non-hydrogen) atoms. The number of pyridine rings is 1. The first kappa shape index (κ1) is 22.9. The molecule has 4 heterocycles. The van der Waals surface area contributed by atoms with Crippen molar-refractivity contribution in [2.24, 2.45) is 0 Å². The zero-order valence-electron chi connectivity index (χ0n) is 17.4. The van der Waals surface area contributed by atoms with E-state index < -0.39 is 17.9 Å². The van der Waals surface area contributed by atoms with Gasteiger partial charge in [-0.1, -0.05) is 11.8 Å². The summed E-state index contributed by atoms with van der Waals surface area (Å²) < 4.78 is 37.5. The van der Waals surface area contributed by atoms with Crippen molar-refractivity contribution < 1.29 is 23.0 Å². The molecule has 1 aliphatic rings. The molecule has 8 nitrogen and oxygen atoms in total. The van der Waals surface area contributed by atoms with Crippen LogP contribution < -0.4 is 10.1 Å². The third-order valence-electron chi connectivity index (χ3n) is 5.25. The molecule has 0 atom stereocenters. The zero-order valence-corrected chi connectivity index (χ0v) is 19.1. The van der Waals surface area contributed by atoms with E-state index in [2.05, 4.69) is 25.3 Å². The molecule has 1 saturated heterocycles. The Hall–Kier alpha value is -2.28. The van der Waals surface area contributed by atoms with E-state index >= 15 is 0 Å². The topological polar surface area (TPSA) is 99.1 Å². The van der Waals surface area contributed by atoms with Gasteiger partial charge in [-0.2, -0.15) is 0 Å². The molecule has 1 N–H and O–H groups in total. The maximum Gasteiger partial charge on any atom is 0.297 e. The lowest BCUT2D eigenvalue weighted by Gasteiger charge is -2.34. The van der Waals surface area contributed by atoms with E-state index in [0.29, 0.717) is 16.0 Å². The number of methoxy groups -OCH3 is 2. The molecule has 1 fully saturated rings. The number of alkyl halides is 2. The van der Waals surface area contributed by atoms with Crippen molar-refractivity contribution in [3.05, 3.63) is 34.2 Å². The average Bonchev–Trinajstić information content (AvgIpc) is 3.33. The fourth-order valence-corrected chi connectivity index (χ4v) is 5.51. The highest BCUT2D eigenvalue weighted by Gasteiger charge is 2.37. The minimum absolute atomic E-state index is 0.00910. The van der Waals surface area contributed by atoms with Crippen molar-refractivity contribution in [1.29, 1.82) is 0 Å². The van der Waals surface area contributed by atoms with Crippen LogP contribution in [0.5, 0.6) is 5.75 Å². The van der Waals surface area contributed by atoms with Gasteiger partial charge in [-0.3, -0.25) is 4.79 Å². The smallest absolute Gasteiger partial charge is 0.297 e. The van der Waals surface area contributed by atoms with Crippen LogP contribution in [0.25, 0.3) is 11.0 Å². The molecular formula is C20H21F2N5O3S2. The van der Waals surface area contributed by atoms with E-state index in [-0.39, 0.29) is 22.2 Å². The molecular weight excluding hydrogens is 460 g/mol. The van der Waals surface area contributed by atoms with Crippen LogP contribution in [0.15, 0.2) is 23.5 Å². The maximum absolute atomic E-state index is 13.3. The van der Waals surface area contributed by atoms with Gasteiger partial charge in [0.05, 0.1) is 29.3 Å². The number of rotatable bonds is 8. The molecule has 12 heteroatoms. The summed E-state index contributed by atoms with van der Waals surface area (Å²) in [6, 6.07) is 1.62. The minimum atomic E-state index is -2.85. The summed E-state index contributed by atoms with van der Waals surface area (Å²) in [4.78, 5) is 29.6. The van der Waals surface area contributed by atoms with Crippen molar-refractivity contribution in [2.75, 3.05) is 33.1 Å². The fraction of sp³-hybridized carbons (Fsp3) is 0.450. The number of nitrogens with zero attached hydrogens (tertiary/aromatic N) is 4. The number of hydrogen-bond acceptors (Lipinski definition) is 10. The van der Waals surface area contributed by atoms with Gasteiger partial charge >= 0.3 is 0 Å². The highest BCUT2D eigenvalue weighted by atomic mass is 32.2. The first-order valence-corrected chi connectivity index (χ1v) is 11.6. The summed E-state index contributed by atoms with van der Waals surface area (Å²) in [7, 11) is 3.14. The average molecular weight is 482 g/mol. The Kier molecular flexibility index (Phi) is 6.93. The van der Waals surface area contributed by atoms with Crippen LogP contribution in [-0.2, 0) is 10.3 Å². The number of hydrogen-bond donors (Lipinski definition) is 1. The van der Waals surface area contributed by atoms with Crippen molar-refractivity contribution >= 4 is 39.9 Å². The third-order valence-corrected chi connectivity index (χ3v) is 7.47. The number of halogens is 2. The second-order valence-electron chi connectivity index (χ2n) is 7.12. The van der Waals surface area contributed by atoms with Crippen molar-refractivity contribution in [3.8, 4) is 5.75 Å².